The molecule has 6 nitrogen and oxygen atoms in total. The average molecular weight is 254 g/mol. The van der Waals surface area contributed by atoms with Gasteiger partial charge in [-0.1, -0.05) is 13.3 Å². The van der Waals surface area contributed by atoms with Crippen molar-refractivity contribution >= 4 is 23.9 Å². The second-order valence-corrected chi connectivity index (χ2v) is 3.76. The van der Waals surface area contributed by atoms with Crippen LogP contribution < -0.4 is 0 Å². The maximum Gasteiger partial charge on any atom is 0.358 e. The van der Waals surface area contributed by atoms with Crippen LogP contribution >= 0.6 is 0 Å². The molecule has 18 heavy (non-hydrogen) atoms. The van der Waals surface area contributed by atoms with Crippen LogP contribution in [0.4, 0.5) is 0 Å². The van der Waals surface area contributed by atoms with E-state index in [9.17, 15) is 9.59 Å². The Morgan fingerprint density at radius 2 is 1.89 bits per heavy atom. The quantitative estimate of drug-likeness (QED) is 0.666. The van der Waals surface area contributed by atoms with Crippen LogP contribution in [-0.4, -0.2) is 42.7 Å². The van der Waals surface area contributed by atoms with Gasteiger partial charge in [0, 0.05) is 6.42 Å². The van der Waals surface area contributed by atoms with Crippen LogP contribution in [0.3, 0.4) is 0 Å². The van der Waals surface area contributed by atoms with E-state index in [4.69, 9.17) is 9.47 Å². The Morgan fingerprint density at radius 3 is 2.44 bits per heavy atom. The summed E-state index contributed by atoms with van der Waals surface area (Å²) in [5, 5.41) is 0. The lowest BCUT2D eigenvalue weighted by Crippen LogP contribution is -2.35. The molecule has 0 aromatic carbocycles. The topological polar surface area (TPSA) is 77.3 Å². The van der Waals surface area contributed by atoms with E-state index in [-0.39, 0.29) is 18.9 Å². The zero-order valence-electron chi connectivity index (χ0n) is 10.9. The third-order valence-electron chi connectivity index (χ3n) is 2.39. The Balaban J connectivity index is 2.93. The zero-order chi connectivity index (χ0) is 13.6. The largest absolute Gasteiger partial charge is 0.463 e. The summed E-state index contributed by atoms with van der Waals surface area (Å²) >= 11 is 0. The smallest absolute Gasteiger partial charge is 0.358 e. The van der Waals surface area contributed by atoms with E-state index in [0.717, 1.165) is 0 Å². The van der Waals surface area contributed by atoms with Gasteiger partial charge in [0.2, 0.25) is 5.66 Å². The van der Waals surface area contributed by atoms with Gasteiger partial charge in [-0.15, -0.1) is 0 Å². The van der Waals surface area contributed by atoms with Gasteiger partial charge in [0.15, 0.2) is 5.71 Å². The molecule has 1 heterocycles. The number of hydrogen-bond donors (Lipinski definition) is 0. The fraction of sp³-hybridized carbons (Fsp3) is 0.667. The second kappa shape index (κ2) is 6.28. The number of nitrogens with zero attached hydrogens (tertiary/aromatic N) is 2. The molecule has 1 atom stereocenters. The molecule has 1 rings (SSSR count). The van der Waals surface area contributed by atoms with Gasteiger partial charge in [0.1, 0.15) is 0 Å². The molecule has 1 unspecified atom stereocenters. The summed E-state index contributed by atoms with van der Waals surface area (Å²) in [5.74, 6) is -1.09. The van der Waals surface area contributed by atoms with Crippen molar-refractivity contribution in [2.75, 3.05) is 13.2 Å². The number of carbonyl (C=O) groups excluding carboxylic acids is 2. The predicted octanol–water partition coefficient (Wildman–Crippen LogP) is 1.13. The van der Waals surface area contributed by atoms with Crippen LogP contribution in [0.25, 0.3) is 0 Å². The van der Waals surface area contributed by atoms with Crippen LogP contribution in [0.5, 0.6) is 0 Å². The van der Waals surface area contributed by atoms with Gasteiger partial charge in [0.25, 0.3) is 0 Å². The minimum absolute atomic E-state index is 0.0679. The summed E-state index contributed by atoms with van der Waals surface area (Å²) in [6.07, 6.45) is 2.39. The molecule has 0 aliphatic carbocycles. The first-order valence-electron chi connectivity index (χ1n) is 6.09. The SMILES string of the molecule is CCCC1(C(=O)OCC)N=CC(C(=O)OCC)=N1. The Kier molecular flexibility index (Phi) is 5.00. The summed E-state index contributed by atoms with van der Waals surface area (Å²) in [7, 11) is 0. The van der Waals surface area contributed by atoms with E-state index in [0.29, 0.717) is 12.8 Å². The second-order valence-electron chi connectivity index (χ2n) is 3.76. The highest BCUT2D eigenvalue weighted by molar-refractivity contribution is 6.60. The minimum Gasteiger partial charge on any atom is -0.463 e. The predicted molar refractivity (Wildman–Crippen MR) is 66.8 cm³/mol. The molecule has 1 aliphatic heterocycles. The van der Waals surface area contributed by atoms with Crippen molar-refractivity contribution in [1.29, 1.82) is 0 Å². The molecule has 0 aromatic heterocycles. The molecule has 0 aromatic rings. The molecule has 0 N–H and O–H groups in total. The van der Waals surface area contributed by atoms with E-state index in [1.165, 1.54) is 6.21 Å². The fourth-order valence-corrected chi connectivity index (χ4v) is 1.64. The Hall–Kier alpha value is -1.72. The van der Waals surface area contributed by atoms with Gasteiger partial charge in [-0.2, -0.15) is 0 Å². The third kappa shape index (κ3) is 2.94. The van der Waals surface area contributed by atoms with Gasteiger partial charge in [-0.05, 0) is 13.8 Å². The highest BCUT2D eigenvalue weighted by Crippen LogP contribution is 2.25. The van der Waals surface area contributed by atoms with Gasteiger partial charge >= 0.3 is 11.9 Å². The van der Waals surface area contributed by atoms with Crippen molar-refractivity contribution in [1.82, 2.24) is 0 Å². The van der Waals surface area contributed by atoms with E-state index < -0.39 is 17.6 Å². The molecule has 0 saturated heterocycles. The number of carbonyl (C=O) groups is 2. The summed E-state index contributed by atoms with van der Waals surface area (Å²) in [4.78, 5) is 31.6. The van der Waals surface area contributed by atoms with E-state index in [1.807, 2.05) is 6.92 Å². The van der Waals surface area contributed by atoms with Crippen molar-refractivity contribution in [2.24, 2.45) is 9.98 Å². The lowest BCUT2D eigenvalue weighted by molar-refractivity contribution is -0.149. The van der Waals surface area contributed by atoms with Crippen molar-refractivity contribution in [3.05, 3.63) is 0 Å². The number of aliphatic imine (C=N–C) groups is 2. The molecular formula is C12H18N2O4. The number of ether oxygens (including phenoxy) is 2. The minimum atomic E-state index is -1.30. The number of esters is 2. The third-order valence-corrected chi connectivity index (χ3v) is 2.39. The van der Waals surface area contributed by atoms with Crippen LogP contribution in [0.15, 0.2) is 9.98 Å². The lowest BCUT2D eigenvalue weighted by Gasteiger charge is -2.19. The maximum absolute atomic E-state index is 11.9. The summed E-state index contributed by atoms with van der Waals surface area (Å²) in [6.45, 7) is 5.84. The van der Waals surface area contributed by atoms with Gasteiger partial charge in [-0.3, -0.25) is 0 Å². The standard InChI is InChI=1S/C12H18N2O4/c1-4-7-12(11(16)18-6-3)13-8-9(14-12)10(15)17-5-2/h8H,4-7H2,1-3H3. The van der Waals surface area contributed by atoms with E-state index >= 15 is 0 Å². The molecule has 0 saturated carbocycles. The lowest BCUT2D eigenvalue weighted by atomic mass is 10.1. The first kappa shape index (κ1) is 14.3. The fourth-order valence-electron chi connectivity index (χ4n) is 1.64. The summed E-state index contributed by atoms with van der Waals surface area (Å²) in [5.41, 5.74) is -1.23. The van der Waals surface area contributed by atoms with E-state index in [1.54, 1.807) is 13.8 Å². The van der Waals surface area contributed by atoms with Crippen LogP contribution in [0.2, 0.25) is 0 Å². The summed E-state index contributed by atoms with van der Waals surface area (Å²) < 4.78 is 9.78. The Bertz CT molecular complexity index is 390. The van der Waals surface area contributed by atoms with Crippen molar-refractivity contribution in [3.8, 4) is 0 Å². The van der Waals surface area contributed by atoms with Gasteiger partial charge in [-0.25, -0.2) is 19.6 Å². The van der Waals surface area contributed by atoms with Crippen LogP contribution in [0.1, 0.15) is 33.6 Å². The van der Waals surface area contributed by atoms with Crippen LogP contribution in [-0.2, 0) is 19.1 Å². The van der Waals surface area contributed by atoms with Crippen LogP contribution in [0, 0.1) is 0 Å². The first-order chi connectivity index (χ1) is 8.59. The highest BCUT2D eigenvalue weighted by Gasteiger charge is 2.42. The molecule has 0 bridgehead atoms. The highest BCUT2D eigenvalue weighted by atomic mass is 16.5. The summed E-state index contributed by atoms with van der Waals surface area (Å²) in [6, 6.07) is 0. The van der Waals surface area contributed by atoms with E-state index in [2.05, 4.69) is 9.98 Å². The number of hydrogen-bond acceptors (Lipinski definition) is 6. The molecule has 0 fully saturated rings. The molecular weight excluding hydrogens is 236 g/mol. The maximum atomic E-state index is 11.9. The molecule has 6 heteroatoms. The Labute approximate surface area is 106 Å². The molecule has 1 aliphatic rings. The molecule has 0 spiro atoms. The van der Waals surface area contributed by atoms with Crippen molar-refractivity contribution < 1.29 is 19.1 Å². The van der Waals surface area contributed by atoms with Gasteiger partial charge < -0.3 is 9.47 Å². The zero-order valence-corrected chi connectivity index (χ0v) is 10.9. The Morgan fingerprint density at radius 1 is 1.22 bits per heavy atom. The molecule has 0 radical (unpaired) electrons. The normalized spacial score (nSPS) is 21.6. The van der Waals surface area contributed by atoms with Crippen molar-refractivity contribution in [2.45, 2.75) is 39.3 Å². The van der Waals surface area contributed by atoms with Crippen molar-refractivity contribution in [3.63, 3.8) is 0 Å². The molecule has 0 amide bonds. The first-order valence-corrected chi connectivity index (χ1v) is 6.09. The molecule has 100 valence electrons. The average Bonchev–Trinajstić information content (AvgIpc) is 2.76. The number of rotatable bonds is 6. The van der Waals surface area contributed by atoms with Gasteiger partial charge in [0.05, 0.1) is 19.4 Å². The monoisotopic (exact) mass is 254 g/mol.